The number of hydrogen-bond acceptors (Lipinski definition) is 4. The lowest BCUT2D eigenvalue weighted by atomic mass is 10.2. The number of ether oxygens (including phenoxy) is 1. The van der Waals surface area contributed by atoms with Crippen molar-refractivity contribution in [2.45, 2.75) is 25.2 Å². The van der Waals surface area contributed by atoms with Crippen LogP contribution in [0.2, 0.25) is 0 Å². The van der Waals surface area contributed by atoms with Crippen molar-refractivity contribution in [3.63, 3.8) is 0 Å². The Balaban J connectivity index is 2.43. The van der Waals surface area contributed by atoms with Gasteiger partial charge in [0.05, 0.1) is 4.90 Å². The van der Waals surface area contributed by atoms with Gasteiger partial charge in [-0.1, -0.05) is 19.9 Å². The minimum absolute atomic E-state index is 0.149. The van der Waals surface area contributed by atoms with Crippen LogP contribution in [0.4, 0.5) is 0 Å². The summed E-state index contributed by atoms with van der Waals surface area (Å²) in [5.41, 5.74) is 0.348. The van der Waals surface area contributed by atoms with Crippen LogP contribution >= 0.6 is 0 Å². The highest BCUT2D eigenvalue weighted by atomic mass is 32.2. The molecule has 5 nitrogen and oxygen atoms in total. The van der Waals surface area contributed by atoms with Crippen LogP contribution in [-0.4, -0.2) is 40.3 Å². The van der Waals surface area contributed by atoms with Crippen LogP contribution in [0.1, 0.15) is 30.6 Å². The van der Waals surface area contributed by atoms with Crippen molar-refractivity contribution < 1.29 is 17.9 Å². The third kappa shape index (κ3) is 6.73. The van der Waals surface area contributed by atoms with Gasteiger partial charge in [-0.15, -0.1) is 0 Å². The van der Waals surface area contributed by atoms with Gasteiger partial charge in [0.25, 0.3) is 5.91 Å². The monoisotopic (exact) mass is 313 g/mol. The number of sulfone groups is 1. The standard InChI is InChI=1S/C15H23NO4S/c1-12(2)11-20-9-5-8-16-15(17)13-6-4-7-14(10-13)21(3,18)19/h4,6-7,10,12H,5,8-9,11H2,1-3H3,(H,16,17). The summed E-state index contributed by atoms with van der Waals surface area (Å²) in [6.07, 6.45) is 1.85. The fraction of sp³-hybridized carbons (Fsp3) is 0.533. The molecular weight excluding hydrogens is 290 g/mol. The summed E-state index contributed by atoms with van der Waals surface area (Å²) in [4.78, 5) is 12.1. The van der Waals surface area contributed by atoms with Gasteiger partial charge in [0.2, 0.25) is 0 Å². The number of carbonyl (C=O) groups excluding carboxylic acids is 1. The molecule has 0 spiro atoms. The zero-order valence-electron chi connectivity index (χ0n) is 12.8. The van der Waals surface area contributed by atoms with Gasteiger partial charge in [-0.3, -0.25) is 4.79 Å². The molecule has 0 unspecified atom stereocenters. The summed E-state index contributed by atoms with van der Waals surface area (Å²) in [6, 6.07) is 6.03. The molecule has 0 aliphatic heterocycles. The van der Waals surface area contributed by atoms with Gasteiger partial charge in [-0.2, -0.15) is 0 Å². The van der Waals surface area contributed by atoms with Crippen LogP contribution < -0.4 is 5.32 Å². The fourth-order valence-corrected chi connectivity index (χ4v) is 2.33. The van der Waals surface area contributed by atoms with E-state index in [0.717, 1.165) is 12.7 Å². The van der Waals surface area contributed by atoms with Gasteiger partial charge in [0.15, 0.2) is 9.84 Å². The van der Waals surface area contributed by atoms with Crippen LogP contribution in [0, 0.1) is 5.92 Å². The van der Waals surface area contributed by atoms with E-state index in [-0.39, 0.29) is 10.8 Å². The average molecular weight is 313 g/mol. The quantitative estimate of drug-likeness (QED) is 0.744. The van der Waals surface area contributed by atoms with Crippen LogP contribution in [0.25, 0.3) is 0 Å². The number of benzene rings is 1. The Morgan fingerprint density at radius 3 is 2.67 bits per heavy atom. The average Bonchev–Trinajstić information content (AvgIpc) is 2.41. The van der Waals surface area contributed by atoms with Crippen molar-refractivity contribution in [3.8, 4) is 0 Å². The van der Waals surface area contributed by atoms with Crippen molar-refractivity contribution in [3.05, 3.63) is 29.8 Å². The van der Waals surface area contributed by atoms with Gasteiger partial charge in [0, 0.05) is 31.6 Å². The molecule has 0 aliphatic rings. The normalized spacial score (nSPS) is 11.6. The molecule has 1 aromatic rings. The molecular formula is C15H23NO4S. The second-order valence-electron chi connectivity index (χ2n) is 5.38. The largest absolute Gasteiger partial charge is 0.381 e. The topological polar surface area (TPSA) is 72.5 Å². The molecule has 0 fully saturated rings. The van der Waals surface area contributed by atoms with Crippen molar-refractivity contribution in [2.24, 2.45) is 5.92 Å². The lowest BCUT2D eigenvalue weighted by Gasteiger charge is -2.08. The maximum absolute atomic E-state index is 11.9. The predicted octanol–water partition coefficient (Wildman–Crippen LogP) is 1.88. The van der Waals surface area contributed by atoms with E-state index in [9.17, 15) is 13.2 Å². The van der Waals surface area contributed by atoms with Crippen molar-refractivity contribution in [1.82, 2.24) is 5.32 Å². The maximum Gasteiger partial charge on any atom is 0.251 e. The number of hydrogen-bond donors (Lipinski definition) is 1. The third-order valence-corrected chi connectivity index (χ3v) is 3.84. The molecule has 1 aromatic carbocycles. The molecule has 0 heterocycles. The van der Waals surface area contributed by atoms with Gasteiger partial charge in [-0.25, -0.2) is 8.42 Å². The second-order valence-corrected chi connectivity index (χ2v) is 7.39. The first-order chi connectivity index (χ1) is 9.80. The molecule has 1 N–H and O–H groups in total. The Labute approximate surface area is 126 Å². The van der Waals surface area contributed by atoms with E-state index in [4.69, 9.17) is 4.74 Å². The number of nitrogens with one attached hydrogen (secondary N) is 1. The molecule has 0 atom stereocenters. The van der Waals surface area contributed by atoms with Gasteiger partial charge in [0.1, 0.15) is 0 Å². The Hall–Kier alpha value is -1.40. The molecule has 1 rings (SSSR count). The number of rotatable bonds is 8. The molecule has 0 radical (unpaired) electrons. The van der Waals surface area contributed by atoms with E-state index < -0.39 is 9.84 Å². The molecule has 1 amide bonds. The highest BCUT2D eigenvalue weighted by Crippen LogP contribution is 2.11. The van der Waals surface area contributed by atoms with Crippen molar-refractivity contribution in [2.75, 3.05) is 26.0 Å². The summed E-state index contributed by atoms with van der Waals surface area (Å²) in [5, 5.41) is 2.75. The van der Waals surface area contributed by atoms with E-state index in [1.165, 1.54) is 12.1 Å². The highest BCUT2D eigenvalue weighted by Gasteiger charge is 2.11. The minimum atomic E-state index is -3.30. The van der Waals surface area contributed by atoms with Crippen LogP contribution in [-0.2, 0) is 14.6 Å². The molecule has 0 aliphatic carbocycles. The number of carbonyl (C=O) groups is 1. The maximum atomic E-state index is 11.9. The second kappa shape index (κ2) is 8.14. The Morgan fingerprint density at radius 1 is 1.33 bits per heavy atom. The Kier molecular flexibility index (Phi) is 6.84. The fourth-order valence-electron chi connectivity index (χ4n) is 1.67. The van der Waals surface area contributed by atoms with Crippen LogP contribution in [0.3, 0.4) is 0 Å². The van der Waals surface area contributed by atoms with E-state index in [1.54, 1.807) is 12.1 Å². The molecule has 0 saturated heterocycles. The van der Waals surface area contributed by atoms with Gasteiger partial charge >= 0.3 is 0 Å². The van der Waals surface area contributed by atoms with E-state index in [1.807, 2.05) is 0 Å². The summed E-state index contributed by atoms with van der Waals surface area (Å²) < 4.78 is 28.3. The first kappa shape index (κ1) is 17.7. The Bertz CT molecular complexity index is 567. The summed E-state index contributed by atoms with van der Waals surface area (Å²) in [7, 11) is -3.30. The summed E-state index contributed by atoms with van der Waals surface area (Å²) in [6.45, 7) is 5.97. The molecule has 21 heavy (non-hydrogen) atoms. The molecule has 0 bridgehead atoms. The zero-order chi connectivity index (χ0) is 15.9. The Morgan fingerprint density at radius 2 is 2.05 bits per heavy atom. The van der Waals surface area contributed by atoms with Gasteiger partial charge < -0.3 is 10.1 Å². The molecule has 118 valence electrons. The van der Waals surface area contributed by atoms with E-state index in [2.05, 4.69) is 19.2 Å². The molecule has 0 saturated carbocycles. The van der Waals surface area contributed by atoms with E-state index in [0.29, 0.717) is 31.2 Å². The van der Waals surface area contributed by atoms with Crippen LogP contribution in [0.5, 0.6) is 0 Å². The first-order valence-electron chi connectivity index (χ1n) is 6.97. The lowest BCUT2D eigenvalue weighted by Crippen LogP contribution is -2.25. The smallest absolute Gasteiger partial charge is 0.251 e. The van der Waals surface area contributed by atoms with Gasteiger partial charge in [-0.05, 0) is 30.5 Å². The number of amides is 1. The first-order valence-corrected chi connectivity index (χ1v) is 8.86. The highest BCUT2D eigenvalue weighted by molar-refractivity contribution is 7.90. The lowest BCUT2D eigenvalue weighted by molar-refractivity contribution is 0.0925. The van der Waals surface area contributed by atoms with Crippen LogP contribution in [0.15, 0.2) is 29.2 Å². The van der Waals surface area contributed by atoms with E-state index >= 15 is 0 Å². The van der Waals surface area contributed by atoms with Crippen molar-refractivity contribution in [1.29, 1.82) is 0 Å². The summed E-state index contributed by atoms with van der Waals surface area (Å²) >= 11 is 0. The SMILES string of the molecule is CC(C)COCCCNC(=O)c1cccc(S(C)(=O)=O)c1. The third-order valence-electron chi connectivity index (χ3n) is 2.73. The van der Waals surface area contributed by atoms with Crippen molar-refractivity contribution >= 4 is 15.7 Å². The zero-order valence-corrected chi connectivity index (χ0v) is 13.6. The summed E-state index contributed by atoms with van der Waals surface area (Å²) in [5.74, 6) is 0.225. The predicted molar refractivity (Wildman–Crippen MR) is 82.2 cm³/mol. The molecule has 0 aromatic heterocycles. The minimum Gasteiger partial charge on any atom is -0.381 e. The molecule has 6 heteroatoms.